The number of ether oxygens (including phenoxy) is 1. The highest BCUT2D eigenvalue weighted by molar-refractivity contribution is 6.42. The van der Waals surface area contributed by atoms with E-state index in [1.54, 1.807) is 79.4 Å². The van der Waals surface area contributed by atoms with Gasteiger partial charge < -0.3 is 19.9 Å². The van der Waals surface area contributed by atoms with E-state index in [0.29, 0.717) is 117 Å². The molecule has 0 unspecified atom stereocenters. The van der Waals surface area contributed by atoms with Crippen LogP contribution in [0.25, 0.3) is 28.1 Å². The van der Waals surface area contributed by atoms with E-state index in [0.717, 1.165) is 27.8 Å². The van der Waals surface area contributed by atoms with E-state index >= 15 is 0 Å². The van der Waals surface area contributed by atoms with Gasteiger partial charge in [-0.05, 0) is 102 Å². The number of halogens is 4. The Balaban J connectivity index is 0.950. The first kappa shape index (κ1) is 49.8. The largest absolute Gasteiger partial charge is 0.497 e. The molecule has 14 nitrogen and oxygen atoms in total. The first-order chi connectivity index (χ1) is 36.2. The van der Waals surface area contributed by atoms with E-state index in [2.05, 4.69) is 25.2 Å². The van der Waals surface area contributed by atoms with Crippen LogP contribution in [0.3, 0.4) is 0 Å². The predicted molar refractivity (Wildman–Crippen MR) is 294 cm³/mol. The average Bonchev–Trinajstić information content (AvgIpc) is 4.05. The summed E-state index contributed by atoms with van der Waals surface area (Å²) in [6.07, 6.45) is 4.64. The maximum atomic E-state index is 14.9. The number of hydrogen-bond donors (Lipinski definition) is 1. The van der Waals surface area contributed by atoms with Crippen molar-refractivity contribution in [2.75, 3.05) is 32.1 Å². The Morgan fingerprint density at radius 3 is 1.85 bits per heavy atom. The summed E-state index contributed by atoms with van der Waals surface area (Å²) in [5.74, 6) is 0.573. The number of methoxy groups -OCH3 is 1. The van der Waals surface area contributed by atoms with Crippen molar-refractivity contribution < 1.29 is 14.3 Å². The standard InChI is InChI=1S/C57H49Cl4N9O5/c1-33(2)27-62-49-29-64-70-51-32-66(55(72)39-13-17-46(59)48(61)26-39)21-19-44(51)57(74)68(53(49)70)41-9-5-8-37(24-41)36-7-4-6-35(22-36)23-40-28-63-69-50-31-65(54(71)38-12-16-45(58)47(60)25-38)20-18-43(50)56(73)67(52(40)69)30-34-10-14-42(75-3)15-11-34/h4-17,22,24-26,28-29,33,62H,18-21,23,27,30-32H2,1-3H3. The van der Waals surface area contributed by atoms with Crippen LogP contribution in [0.4, 0.5) is 5.69 Å². The van der Waals surface area contributed by atoms with Gasteiger partial charge in [0.1, 0.15) is 11.4 Å². The van der Waals surface area contributed by atoms with Gasteiger partial charge in [0.15, 0.2) is 5.65 Å². The van der Waals surface area contributed by atoms with Crippen LogP contribution in [-0.2, 0) is 38.9 Å². The molecule has 1 N–H and O–H groups in total. The molecule has 0 spiro atoms. The van der Waals surface area contributed by atoms with E-state index in [4.69, 9.17) is 61.3 Å². The lowest BCUT2D eigenvalue weighted by Crippen LogP contribution is -2.41. The van der Waals surface area contributed by atoms with Gasteiger partial charge in [-0.1, -0.05) is 109 Å². The number of nitrogens with one attached hydrogen (secondary N) is 1. The number of carbonyl (C=O) groups excluding carboxylic acids is 2. The van der Waals surface area contributed by atoms with Crippen LogP contribution in [0.1, 0.15) is 73.8 Å². The Kier molecular flexibility index (Phi) is 13.6. The van der Waals surface area contributed by atoms with Crippen LogP contribution in [0, 0.1) is 5.92 Å². The zero-order chi connectivity index (χ0) is 52.2. The normalized spacial score (nSPS) is 13.4. The number of hydrogen-bond acceptors (Lipinski definition) is 8. The molecule has 0 aliphatic carbocycles. The number of nitrogens with zero attached hydrogens (tertiary/aromatic N) is 8. The lowest BCUT2D eigenvalue weighted by Gasteiger charge is -2.30. The number of fused-ring (bicyclic) bond motifs is 6. The molecule has 380 valence electrons. The topological polar surface area (TPSA) is 140 Å². The molecule has 0 radical (unpaired) electrons. The Morgan fingerprint density at radius 1 is 0.653 bits per heavy atom. The van der Waals surface area contributed by atoms with Gasteiger partial charge in [0.05, 0.1) is 82.0 Å². The second-order valence-electron chi connectivity index (χ2n) is 19.3. The summed E-state index contributed by atoms with van der Waals surface area (Å²) in [7, 11) is 1.62. The van der Waals surface area contributed by atoms with Gasteiger partial charge in [0.2, 0.25) is 0 Å². The van der Waals surface area contributed by atoms with Crippen LogP contribution < -0.4 is 21.2 Å². The van der Waals surface area contributed by atoms with Crippen molar-refractivity contribution >= 4 is 75.2 Å². The number of benzene rings is 5. The average molecular weight is 1080 g/mol. The van der Waals surface area contributed by atoms with Gasteiger partial charge in [-0.15, -0.1) is 0 Å². The van der Waals surface area contributed by atoms with Crippen LogP contribution in [-0.4, -0.2) is 76.7 Å². The number of anilines is 1. The molecule has 2 aliphatic heterocycles. The number of aromatic nitrogens is 6. The molecule has 0 bridgehead atoms. The fraction of sp³-hybridized carbons (Fsp3) is 0.228. The maximum Gasteiger partial charge on any atom is 0.261 e. The minimum Gasteiger partial charge on any atom is -0.497 e. The van der Waals surface area contributed by atoms with Gasteiger partial charge in [-0.3, -0.25) is 28.3 Å². The third-order valence-electron chi connectivity index (χ3n) is 14.0. The van der Waals surface area contributed by atoms with Crippen molar-refractivity contribution in [3.8, 4) is 22.6 Å². The fourth-order valence-corrected chi connectivity index (χ4v) is 10.8. The zero-order valence-electron chi connectivity index (χ0n) is 41.1. The van der Waals surface area contributed by atoms with E-state index in [1.165, 1.54) is 0 Å². The van der Waals surface area contributed by atoms with Crippen molar-refractivity contribution in [3.63, 3.8) is 0 Å². The van der Waals surface area contributed by atoms with E-state index < -0.39 is 0 Å². The van der Waals surface area contributed by atoms with Gasteiger partial charge >= 0.3 is 0 Å². The predicted octanol–water partition coefficient (Wildman–Crippen LogP) is 10.7. The third-order valence-corrected chi connectivity index (χ3v) is 15.5. The molecule has 0 saturated heterocycles. The van der Waals surface area contributed by atoms with Crippen molar-refractivity contribution in [3.05, 3.63) is 213 Å². The molecule has 2 aliphatic rings. The van der Waals surface area contributed by atoms with Crippen LogP contribution in [0.5, 0.6) is 5.75 Å². The Morgan fingerprint density at radius 2 is 1.24 bits per heavy atom. The molecule has 5 aromatic carbocycles. The molecular formula is C57H49Cl4N9O5. The maximum absolute atomic E-state index is 14.9. The molecule has 18 heteroatoms. The van der Waals surface area contributed by atoms with Gasteiger partial charge in [0.25, 0.3) is 22.9 Å². The Bertz CT molecular complexity index is 3880. The molecule has 2 amide bonds. The number of rotatable bonds is 12. The van der Waals surface area contributed by atoms with Gasteiger partial charge in [-0.2, -0.15) is 10.2 Å². The molecule has 6 heterocycles. The minimum absolute atomic E-state index is 0.135. The molecule has 4 aromatic heterocycles. The second kappa shape index (κ2) is 20.4. The molecule has 0 atom stereocenters. The summed E-state index contributed by atoms with van der Waals surface area (Å²) >= 11 is 25.0. The summed E-state index contributed by atoms with van der Waals surface area (Å²) in [6, 6.07) is 33.4. The van der Waals surface area contributed by atoms with Crippen LogP contribution in [0.15, 0.2) is 131 Å². The van der Waals surface area contributed by atoms with Crippen molar-refractivity contribution in [2.45, 2.75) is 52.7 Å². The third kappa shape index (κ3) is 9.45. The van der Waals surface area contributed by atoms with Crippen molar-refractivity contribution in [1.82, 2.24) is 38.2 Å². The fourth-order valence-electron chi connectivity index (χ4n) is 10.2. The number of carbonyl (C=O) groups is 2. The molecule has 0 saturated carbocycles. The highest BCUT2D eigenvalue weighted by Crippen LogP contribution is 2.32. The molecule has 75 heavy (non-hydrogen) atoms. The van der Waals surface area contributed by atoms with Crippen molar-refractivity contribution in [2.24, 2.45) is 5.92 Å². The summed E-state index contributed by atoms with van der Waals surface area (Å²) in [5.41, 5.74) is 10.0. The van der Waals surface area contributed by atoms with E-state index in [-0.39, 0.29) is 52.6 Å². The summed E-state index contributed by atoms with van der Waals surface area (Å²) < 4.78 is 12.5. The molecule has 11 rings (SSSR count). The zero-order valence-corrected chi connectivity index (χ0v) is 44.1. The lowest BCUT2D eigenvalue weighted by molar-refractivity contribution is 0.0722. The summed E-state index contributed by atoms with van der Waals surface area (Å²) in [4.78, 5) is 60.8. The smallest absolute Gasteiger partial charge is 0.261 e. The van der Waals surface area contributed by atoms with E-state index in [9.17, 15) is 19.2 Å². The monoisotopic (exact) mass is 1080 g/mol. The molecule has 9 aromatic rings. The second-order valence-corrected chi connectivity index (χ2v) is 21.0. The van der Waals surface area contributed by atoms with Crippen LogP contribution >= 0.6 is 46.4 Å². The van der Waals surface area contributed by atoms with Gasteiger partial charge in [0, 0.05) is 53.9 Å². The lowest BCUT2D eigenvalue weighted by atomic mass is 9.99. The van der Waals surface area contributed by atoms with Crippen molar-refractivity contribution in [1.29, 1.82) is 0 Å². The summed E-state index contributed by atoms with van der Waals surface area (Å²) in [6.45, 7) is 6.16. The molecular weight excluding hydrogens is 1030 g/mol. The molecule has 0 fully saturated rings. The highest BCUT2D eigenvalue weighted by Gasteiger charge is 2.31. The summed E-state index contributed by atoms with van der Waals surface area (Å²) in [5, 5.41) is 14.6. The minimum atomic E-state index is -0.223. The van der Waals surface area contributed by atoms with Gasteiger partial charge in [-0.25, -0.2) is 9.03 Å². The Labute approximate surface area is 451 Å². The van der Waals surface area contributed by atoms with E-state index in [1.807, 2.05) is 71.2 Å². The Hall–Kier alpha value is -7.36. The first-order valence-electron chi connectivity index (χ1n) is 24.6. The first-order valence-corrected chi connectivity index (χ1v) is 26.1. The number of amides is 2. The highest BCUT2D eigenvalue weighted by atomic mass is 35.5. The van der Waals surface area contributed by atoms with Crippen LogP contribution in [0.2, 0.25) is 20.1 Å². The SMILES string of the molecule is COc1ccc(Cn2c(=O)c3c(n4ncc(Cc5cccc(-c6cccc(-n7c(=O)c8c(n9ncc(NCC(C)C)c79)CN(C(=O)c7ccc(Cl)c(Cl)c7)CC8)c6)c5)c24)CN(C(=O)c2ccc(Cl)c(Cl)c2)CC3)cc1. The quantitative estimate of drug-likeness (QED) is 0.128.